The zero-order chi connectivity index (χ0) is 88.3. The number of halogens is 5. The van der Waals surface area contributed by atoms with Crippen LogP contribution in [0.15, 0.2) is 142 Å². The van der Waals surface area contributed by atoms with E-state index in [4.69, 9.17) is 52.8 Å². The number of carbonyl (C=O) groups excluding carboxylic acids is 5. The van der Waals surface area contributed by atoms with E-state index in [1.54, 1.807) is 101 Å². The van der Waals surface area contributed by atoms with E-state index < -0.39 is 36.7 Å². The first kappa shape index (κ1) is 99.0. The number of hydrogen-bond donors (Lipinski definition) is 8. The van der Waals surface area contributed by atoms with Crippen molar-refractivity contribution in [2.24, 2.45) is 4.30 Å². The van der Waals surface area contributed by atoms with Crippen LogP contribution in [0.5, 0.6) is 5.75 Å². The first-order valence-electron chi connectivity index (χ1n) is 37.6. The number of carbonyl (C=O) groups is 5. The Kier molecular flexibility index (Phi) is 43.3. The van der Waals surface area contributed by atoms with Gasteiger partial charge in [0.15, 0.2) is 5.82 Å². The fourth-order valence-corrected chi connectivity index (χ4v) is 11.6. The molecule has 637 valence electrons. The molecule has 0 spiro atoms. The van der Waals surface area contributed by atoms with Crippen LogP contribution in [0.2, 0.25) is 5.02 Å². The van der Waals surface area contributed by atoms with Crippen molar-refractivity contribution in [2.45, 2.75) is 181 Å². The second-order valence-corrected chi connectivity index (χ2v) is 32.6. The second kappa shape index (κ2) is 51.7. The van der Waals surface area contributed by atoms with Crippen molar-refractivity contribution in [3.63, 3.8) is 0 Å². The van der Waals surface area contributed by atoms with Crippen LogP contribution in [0.4, 0.5) is 46.8 Å². The molecule has 12 rings (SSSR count). The van der Waals surface area contributed by atoms with Crippen LogP contribution in [0.1, 0.15) is 136 Å². The Hall–Kier alpha value is -9.61. The van der Waals surface area contributed by atoms with E-state index in [2.05, 4.69) is 158 Å². The SMILES string of the molecule is CC(C)(C)OC(=O)N1CCC[C@H]1C=O.CC(C)(C)OC(=O)N1CCC[C@H]1CNc1cnc(-c2cncnc2)cn1.CC(C)(C)OC(=O)N1CCC[C@H]1CNc1cnc(Br)cn1.CC(C)(C)OC(=O)N1CCC[C@H]1CNc1ncc(-c2cncnc2)nc1Br.Nc1cnc(Br)cn1.OB(O)c1cncnc1.Oc1ccccc1Cl.[2H]CF.[B]=NS. The summed E-state index contributed by atoms with van der Waals surface area (Å²) in [6, 6.07) is 6.67. The Bertz CT molecular complexity index is 4280. The summed E-state index contributed by atoms with van der Waals surface area (Å²) < 4.78 is 41.8. The summed E-state index contributed by atoms with van der Waals surface area (Å²) in [6.45, 7) is 27.0. The number of alkyl halides is 1. The van der Waals surface area contributed by atoms with E-state index in [9.17, 15) is 28.4 Å². The summed E-state index contributed by atoms with van der Waals surface area (Å²) in [5.41, 5.74) is 6.61. The number of para-hydroxylation sites is 1. The van der Waals surface area contributed by atoms with E-state index in [-0.39, 0.29) is 54.3 Å². The number of nitrogen functional groups attached to an aromatic ring is 1. The average molecular weight is 1870 g/mol. The molecule has 11 heterocycles. The monoisotopic (exact) mass is 1860 g/mol. The van der Waals surface area contributed by atoms with Crippen molar-refractivity contribution < 1.29 is 63.8 Å². The number of benzene rings is 1. The summed E-state index contributed by atoms with van der Waals surface area (Å²) in [5, 5.41) is 35.9. The molecule has 7 aromatic heterocycles. The predicted molar refractivity (Wildman–Crippen MR) is 462 cm³/mol. The first-order valence-corrected chi connectivity index (χ1v) is 40.1. The molecule has 0 bridgehead atoms. The molecule has 118 heavy (non-hydrogen) atoms. The number of rotatable bonds is 13. The minimum absolute atomic E-state index is 0.0655. The van der Waals surface area contributed by atoms with Gasteiger partial charge < -0.3 is 75.3 Å². The van der Waals surface area contributed by atoms with Crippen LogP contribution in [-0.4, -0.2) is 249 Å². The third kappa shape index (κ3) is 39.3. The number of ether oxygens (including phenoxy) is 4. The van der Waals surface area contributed by atoms with E-state index in [0.717, 1.165) is 81.9 Å². The van der Waals surface area contributed by atoms with Crippen LogP contribution >= 0.6 is 72.2 Å². The standard InChI is InChI=1S/C18H23BrN6O2.C18H24N6O2.C14H21BrN4O2.C10H17NO3.C6H5ClO.C4H5BN2O2.C4H4BrN3.CH3F.BHNS/c1-18(2,3)27-17(26)25-6-4-5-13(25)9-22-16-15(19)24-14(10-23-16)12-7-20-11-21-8-12;1-18(2,3)26-17(25)24-6-4-5-14(24)9-22-16-11-21-15(10-23-16)13-7-19-12-20-8-13;1-14(2,3)21-13(20)19-6-4-5-10(19)7-17-12-9-16-11(15)8-18-12;1-10(2,3)14-9(13)11-6-4-5-8(11)7-12;7-5-3-1-2-4-6(5)8;8-5(9)4-1-6-3-7-2-4;5-3-1-8-4(6)2-7-3;1-2;1-2-3/h7-8,10-11,13H,4-6,9H2,1-3H3,(H,22,23);7-8,10-12,14H,4-6,9H2,1-3H3,(H,22,23);8-10H,4-7H2,1-3H3,(H,17,18);7-8H,4-6H2,1-3H3;1-4,8H;1-3,8-9H;1-2H,(H2,6,8);1H3;3H/t13-;14-;10-;8-;;;;;/m0000...../s1/i;;;;;;;1D;. The van der Waals surface area contributed by atoms with Gasteiger partial charge in [-0.05, 0) is 194 Å². The van der Waals surface area contributed by atoms with Gasteiger partial charge in [-0.15, -0.1) is 0 Å². The molecule has 0 unspecified atom stereocenters. The maximum atomic E-state index is 12.4. The third-order valence-corrected chi connectivity index (χ3v) is 17.4. The third-order valence-electron chi connectivity index (χ3n) is 15.7. The van der Waals surface area contributed by atoms with E-state index in [1.165, 1.54) is 42.5 Å². The number of likely N-dealkylation sites (tertiary alicyclic amines) is 4. The van der Waals surface area contributed by atoms with Crippen LogP contribution in [0, 0.1) is 0 Å². The van der Waals surface area contributed by atoms with Gasteiger partial charge in [-0.2, -0.15) is 0 Å². The first-order chi connectivity index (χ1) is 56.3. The van der Waals surface area contributed by atoms with Crippen LogP contribution in [0.3, 0.4) is 0 Å². The number of nitrogens with zero attached hydrogens (tertiary/aromatic N) is 19. The molecule has 4 aliphatic heterocycles. The molecule has 4 saturated heterocycles. The average Bonchev–Trinajstić information content (AvgIpc) is 1.84. The Balaban J connectivity index is 0.000000301. The Labute approximate surface area is 725 Å². The van der Waals surface area contributed by atoms with Crippen LogP contribution in [-0.2, 0) is 23.7 Å². The zero-order valence-corrected chi connectivity index (χ0v) is 74.2. The van der Waals surface area contributed by atoms with Gasteiger partial charge in [-0.25, -0.2) is 84.0 Å². The van der Waals surface area contributed by atoms with Crippen molar-refractivity contribution in [3.05, 3.63) is 143 Å². The minimum atomic E-state index is -1.47. The fourth-order valence-electron chi connectivity index (χ4n) is 10.6. The van der Waals surface area contributed by atoms with E-state index >= 15 is 0 Å². The number of aromatic hydroxyl groups is 1. The van der Waals surface area contributed by atoms with Gasteiger partial charge in [-0.3, -0.25) is 14.3 Å². The Morgan fingerprint density at radius 2 is 0.949 bits per heavy atom. The van der Waals surface area contributed by atoms with Crippen LogP contribution in [0.25, 0.3) is 22.5 Å². The fraction of sp³-hybridized carbons (Fsp3) is 0.480. The normalized spacial score (nSPS) is 15.8. The quantitative estimate of drug-likeness (QED) is 0.0230. The van der Waals surface area contributed by atoms with Crippen molar-refractivity contribution >= 4 is 146 Å². The number of nitrogens with two attached hydrogens (primary N) is 1. The molecule has 0 saturated carbocycles. The molecular weight excluding hydrogens is 1760 g/mol. The number of aldehydes is 1. The molecule has 4 fully saturated rings. The summed E-state index contributed by atoms with van der Waals surface area (Å²) in [5.74, 6) is 2.57. The number of thiol groups is 1. The molecule has 8 aromatic rings. The topological polar surface area (TPSA) is 451 Å². The molecule has 1 aromatic carbocycles. The molecule has 43 heteroatoms. The molecule has 4 atom stereocenters. The van der Waals surface area contributed by atoms with Crippen molar-refractivity contribution in [1.82, 2.24) is 89.4 Å². The molecular formula is C75H103B2Br3ClFN23O12S. The Morgan fingerprint density at radius 3 is 1.30 bits per heavy atom. The number of anilines is 4. The Morgan fingerprint density at radius 1 is 0.576 bits per heavy atom. The van der Waals surface area contributed by atoms with Gasteiger partial charge in [-0.1, -0.05) is 23.7 Å². The van der Waals surface area contributed by atoms with Gasteiger partial charge in [0.05, 0.1) is 92.5 Å². The summed E-state index contributed by atoms with van der Waals surface area (Å²) in [6.07, 6.45) is 32.2. The molecule has 35 nitrogen and oxygen atoms in total. The maximum absolute atomic E-state index is 12.4. The van der Waals surface area contributed by atoms with E-state index in [0.29, 0.717) is 91.7 Å². The molecule has 4 amide bonds. The zero-order valence-electron chi connectivity index (χ0n) is 68.8. The van der Waals surface area contributed by atoms with Gasteiger partial charge in [0, 0.05) is 99.6 Å². The van der Waals surface area contributed by atoms with Crippen molar-refractivity contribution in [3.8, 4) is 28.3 Å². The number of amides is 4. The van der Waals surface area contributed by atoms with Crippen molar-refractivity contribution in [1.29, 1.82) is 0 Å². The van der Waals surface area contributed by atoms with Gasteiger partial charge in [0.2, 0.25) is 0 Å². The molecule has 0 aliphatic carbocycles. The second-order valence-electron chi connectivity index (χ2n) is 29.6. The van der Waals surface area contributed by atoms with Gasteiger partial charge >= 0.3 is 56.2 Å². The summed E-state index contributed by atoms with van der Waals surface area (Å²) >= 11 is 18.5. The number of aromatic nitrogens is 14. The van der Waals surface area contributed by atoms with Gasteiger partial charge in [0.1, 0.15) is 84.7 Å². The molecule has 4 aliphatic rings. The number of hydrogen-bond acceptors (Lipinski definition) is 32. The number of phenolic OH excluding ortho intramolecular Hbond substituents is 1. The predicted octanol–water partition coefficient (Wildman–Crippen LogP) is 12.7. The summed E-state index contributed by atoms with van der Waals surface area (Å²) in [7, 11) is 1.87. The van der Waals surface area contributed by atoms with Crippen LogP contribution < -0.4 is 27.1 Å². The summed E-state index contributed by atoms with van der Waals surface area (Å²) in [4.78, 5) is 123. The van der Waals surface area contributed by atoms with E-state index in [1.807, 2.05) is 83.1 Å². The van der Waals surface area contributed by atoms with Gasteiger partial charge in [0.25, 0.3) is 0 Å². The molecule has 1 radical (unpaired) electrons. The number of phenols is 1. The number of nitrogens with one attached hydrogen (secondary N) is 3. The molecule has 8 N–H and O–H groups in total. The van der Waals surface area contributed by atoms with Crippen molar-refractivity contribution in [2.75, 3.05) is 74.7 Å².